The maximum Gasteiger partial charge on any atom is 0.164 e. The normalized spacial score (nSPS) is 10.9. The number of nitrogens with two attached hydrogens (primary N) is 1. The summed E-state index contributed by atoms with van der Waals surface area (Å²) >= 11 is 0. The molecular formula is C5H11ClN4O2S. The number of H-pyrrole nitrogens is 1. The van der Waals surface area contributed by atoms with E-state index in [0.717, 1.165) is 6.26 Å². The van der Waals surface area contributed by atoms with Gasteiger partial charge in [0.1, 0.15) is 11.6 Å². The molecule has 0 unspecified atom stereocenters. The van der Waals surface area contributed by atoms with E-state index in [9.17, 15) is 8.42 Å². The predicted molar refractivity (Wildman–Crippen MR) is 50.1 cm³/mol. The molecule has 76 valence electrons. The zero-order chi connectivity index (χ0) is 9.19. The predicted octanol–water partition coefficient (Wildman–Crippen LogP) is -0.770. The Kier molecular flexibility index (Phi) is 4.31. The maximum atomic E-state index is 10.8. The highest BCUT2D eigenvalue weighted by atomic mass is 35.5. The smallest absolute Gasteiger partial charge is 0.164 e. The first-order chi connectivity index (χ1) is 5.51. The number of halogens is 1. The van der Waals surface area contributed by atoms with Gasteiger partial charge in [0.15, 0.2) is 15.7 Å². The van der Waals surface area contributed by atoms with Crippen molar-refractivity contribution in [2.45, 2.75) is 12.3 Å². The second kappa shape index (κ2) is 4.54. The summed E-state index contributed by atoms with van der Waals surface area (Å²) in [4.78, 5) is 3.84. The molecule has 8 heteroatoms. The molecule has 0 saturated carbocycles. The van der Waals surface area contributed by atoms with Gasteiger partial charge in [-0.15, -0.1) is 12.4 Å². The number of rotatable bonds is 3. The zero-order valence-electron chi connectivity index (χ0n) is 7.02. The van der Waals surface area contributed by atoms with Crippen molar-refractivity contribution >= 4 is 22.2 Å². The third-order valence-electron chi connectivity index (χ3n) is 1.16. The van der Waals surface area contributed by atoms with Crippen LogP contribution in [-0.2, 0) is 22.1 Å². The summed E-state index contributed by atoms with van der Waals surface area (Å²) in [5.41, 5.74) is 5.23. The first-order valence-corrected chi connectivity index (χ1v) is 5.35. The number of hydrogen-bond donors (Lipinski definition) is 2. The van der Waals surface area contributed by atoms with Crippen molar-refractivity contribution in [1.29, 1.82) is 0 Å². The molecule has 0 aromatic carbocycles. The molecule has 0 aliphatic carbocycles. The molecule has 3 N–H and O–H groups in total. The van der Waals surface area contributed by atoms with E-state index in [4.69, 9.17) is 5.73 Å². The summed E-state index contributed by atoms with van der Waals surface area (Å²) in [6.07, 6.45) is 1.14. The molecule has 0 fully saturated rings. The molecule has 0 amide bonds. The number of aromatic amines is 1. The van der Waals surface area contributed by atoms with Gasteiger partial charge < -0.3 is 5.73 Å². The molecule has 0 radical (unpaired) electrons. The minimum absolute atomic E-state index is 0. The Morgan fingerprint density at radius 2 is 2.15 bits per heavy atom. The van der Waals surface area contributed by atoms with Gasteiger partial charge in [-0.3, -0.25) is 5.10 Å². The highest BCUT2D eigenvalue weighted by Gasteiger charge is 2.08. The van der Waals surface area contributed by atoms with Crippen LogP contribution in [0.15, 0.2) is 0 Å². The van der Waals surface area contributed by atoms with Crippen molar-refractivity contribution in [3.05, 3.63) is 11.6 Å². The van der Waals surface area contributed by atoms with Crippen LogP contribution in [-0.4, -0.2) is 29.9 Å². The van der Waals surface area contributed by atoms with Crippen LogP contribution in [0.1, 0.15) is 11.6 Å². The summed E-state index contributed by atoms with van der Waals surface area (Å²) in [5.74, 6) is 0.631. The van der Waals surface area contributed by atoms with Crippen LogP contribution in [0.2, 0.25) is 0 Å². The number of hydrogen-bond acceptors (Lipinski definition) is 5. The van der Waals surface area contributed by atoms with Crippen LogP contribution in [0.25, 0.3) is 0 Å². The molecule has 0 atom stereocenters. The Bertz CT molecular complexity index is 360. The molecular weight excluding hydrogens is 216 g/mol. The van der Waals surface area contributed by atoms with E-state index in [0.29, 0.717) is 11.6 Å². The second-order valence-corrected chi connectivity index (χ2v) is 4.61. The monoisotopic (exact) mass is 226 g/mol. The SMILES string of the molecule is CS(=O)(=O)Cc1nc(CN)n[nH]1.Cl. The fourth-order valence-corrected chi connectivity index (χ4v) is 1.36. The average molecular weight is 227 g/mol. The number of nitrogens with zero attached hydrogens (tertiary/aromatic N) is 2. The van der Waals surface area contributed by atoms with E-state index < -0.39 is 9.84 Å². The van der Waals surface area contributed by atoms with Gasteiger partial charge in [0.25, 0.3) is 0 Å². The van der Waals surface area contributed by atoms with Gasteiger partial charge in [0.05, 0.1) is 6.54 Å². The van der Waals surface area contributed by atoms with Crippen molar-refractivity contribution < 1.29 is 8.42 Å². The number of aromatic nitrogens is 3. The molecule has 1 aromatic rings. The third-order valence-corrected chi connectivity index (χ3v) is 1.96. The average Bonchev–Trinajstić information content (AvgIpc) is 2.32. The van der Waals surface area contributed by atoms with Crippen LogP contribution >= 0.6 is 12.4 Å². The lowest BCUT2D eigenvalue weighted by molar-refractivity contribution is 0.599. The lowest BCUT2D eigenvalue weighted by Gasteiger charge is -1.90. The van der Waals surface area contributed by atoms with Crippen molar-refractivity contribution in [1.82, 2.24) is 15.2 Å². The van der Waals surface area contributed by atoms with E-state index >= 15 is 0 Å². The van der Waals surface area contributed by atoms with Crippen molar-refractivity contribution in [3.8, 4) is 0 Å². The van der Waals surface area contributed by atoms with Crippen LogP contribution in [0.3, 0.4) is 0 Å². The van der Waals surface area contributed by atoms with E-state index in [1.165, 1.54) is 0 Å². The van der Waals surface area contributed by atoms with Crippen molar-refractivity contribution in [3.63, 3.8) is 0 Å². The third kappa shape index (κ3) is 4.20. The molecule has 1 aromatic heterocycles. The van der Waals surface area contributed by atoms with Gasteiger partial charge in [0.2, 0.25) is 0 Å². The molecule has 6 nitrogen and oxygen atoms in total. The molecule has 0 bridgehead atoms. The molecule has 0 saturated heterocycles. The van der Waals surface area contributed by atoms with Gasteiger partial charge in [-0.2, -0.15) is 5.10 Å². The highest BCUT2D eigenvalue weighted by molar-refractivity contribution is 7.89. The fourth-order valence-electron chi connectivity index (χ4n) is 0.739. The second-order valence-electron chi connectivity index (χ2n) is 2.47. The summed E-state index contributed by atoms with van der Waals surface area (Å²) < 4.78 is 21.6. The summed E-state index contributed by atoms with van der Waals surface area (Å²) in [7, 11) is -3.05. The molecule has 0 aliphatic heterocycles. The van der Waals surface area contributed by atoms with Gasteiger partial charge in [-0.05, 0) is 0 Å². The largest absolute Gasteiger partial charge is 0.324 e. The Hall–Kier alpha value is -0.660. The minimum atomic E-state index is -3.05. The molecule has 0 spiro atoms. The van der Waals surface area contributed by atoms with E-state index in [-0.39, 0.29) is 24.7 Å². The van der Waals surface area contributed by atoms with Crippen LogP contribution in [0.5, 0.6) is 0 Å². The highest BCUT2D eigenvalue weighted by Crippen LogP contribution is 1.97. The first kappa shape index (κ1) is 12.3. The van der Waals surface area contributed by atoms with E-state index in [2.05, 4.69) is 15.2 Å². The van der Waals surface area contributed by atoms with Crippen LogP contribution in [0, 0.1) is 0 Å². The Morgan fingerprint density at radius 3 is 2.54 bits per heavy atom. The van der Waals surface area contributed by atoms with Gasteiger partial charge in [-0.25, -0.2) is 13.4 Å². The first-order valence-electron chi connectivity index (χ1n) is 3.29. The lowest BCUT2D eigenvalue weighted by atomic mass is 10.6. The quantitative estimate of drug-likeness (QED) is 0.705. The van der Waals surface area contributed by atoms with Crippen LogP contribution < -0.4 is 5.73 Å². The van der Waals surface area contributed by atoms with Gasteiger partial charge >= 0.3 is 0 Å². The molecule has 0 aliphatic rings. The number of sulfone groups is 1. The molecule has 1 rings (SSSR count). The van der Waals surface area contributed by atoms with Gasteiger partial charge in [0, 0.05) is 6.26 Å². The zero-order valence-corrected chi connectivity index (χ0v) is 8.65. The summed E-state index contributed by atoms with van der Waals surface area (Å²) in [6.45, 7) is 0.209. The van der Waals surface area contributed by atoms with Crippen molar-refractivity contribution in [2.24, 2.45) is 5.73 Å². The van der Waals surface area contributed by atoms with Gasteiger partial charge in [-0.1, -0.05) is 0 Å². The standard InChI is InChI=1S/C5H10N4O2S.ClH/c1-12(10,11)3-5-7-4(2-6)8-9-5;/h2-3,6H2,1H3,(H,7,8,9);1H. The Morgan fingerprint density at radius 1 is 1.54 bits per heavy atom. The summed E-state index contributed by atoms with van der Waals surface area (Å²) in [5, 5.41) is 6.19. The lowest BCUT2D eigenvalue weighted by Crippen LogP contribution is -2.03. The van der Waals surface area contributed by atoms with Crippen LogP contribution in [0.4, 0.5) is 0 Å². The summed E-state index contributed by atoms with van der Waals surface area (Å²) in [6, 6.07) is 0. The Balaban J connectivity index is 0.00000144. The fraction of sp³-hybridized carbons (Fsp3) is 0.600. The topological polar surface area (TPSA) is 102 Å². The maximum absolute atomic E-state index is 10.8. The molecule has 13 heavy (non-hydrogen) atoms. The van der Waals surface area contributed by atoms with Crippen molar-refractivity contribution in [2.75, 3.05) is 6.26 Å². The molecule has 1 heterocycles. The number of nitrogens with one attached hydrogen (secondary N) is 1. The Labute approximate surface area is 82.3 Å². The van der Waals surface area contributed by atoms with E-state index in [1.54, 1.807) is 0 Å². The van der Waals surface area contributed by atoms with E-state index in [1.807, 2.05) is 0 Å². The minimum Gasteiger partial charge on any atom is -0.324 e.